The van der Waals surface area contributed by atoms with Crippen molar-refractivity contribution in [2.75, 3.05) is 0 Å². The quantitative estimate of drug-likeness (QED) is 0.758. The van der Waals surface area contributed by atoms with Crippen LogP contribution in [-0.2, 0) is 0 Å². The Hall–Kier alpha value is -3.59. The standard InChI is InChI=1S/C24H20O3/c1-4-19(20-11-6-5-8-15(20)2)17-9-7-10-18(13-17)21-14-23(26)24(27)22(25)12-16(21)3/h4-14H,1-2H2,3H3,(H2,25,26,27)/b20-19+. The van der Waals surface area contributed by atoms with E-state index in [4.69, 9.17) is 0 Å². The van der Waals surface area contributed by atoms with Crippen LogP contribution in [0.3, 0.4) is 0 Å². The number of rotatable bonds is 3. The van der Waals surface area contributed by atoms with Gasteiger partial charge in [-0.1, -0.05) is 61.7 Å². The van der Waals surface area contributed by atoms with Gasteiger partial charge in [0.05, 0.1) is 0 Å². The van der Waals surface area contributed by atoms with Crippen LogP contribution in [-0.4, -0.2) is 10.2 Å². The molecular formula is C24H20O3. The molecule has 0 bridgehead atoms. The molecule has 0 unspecified atom stereocenters. The second-order valence-corrected chi connectivity index (χ2v) is 6.34. The minimum Gasteiger partial charge on any atom is -0.504 e. The van der Waals surface area contributed by atoms with Gasteiger partial charge in [-0.15, -0.1) is 0 Å². The molecule has 0 radical (unpaired) electrons. The predicted molar refractivity (Wildman–Crippen MR) is 110 cm³/mol. The fourth-order valence-electron chi connectivity index (χ4n) is 3.12. The average Bonchev–Trinajstić information content (AvgIpc) is 2.76. The Morgan fingerprint density at radius 3 is 2.44 bits per heavy atom. The second-order valence-electron chi connectivity index (χ2n) is 6.34. The van der Waals surface area contributed by atoms with Gasteiger partial charge in [-0.2, -0.15) is 0 Å². The Kier molecular flexibility index (Phi) is 4.95. The highest BCUT2D eigenvalue weighted by Crippen LogP contribution is 2.30. The molecule has 3 aromatic rings. The zero-order chi connectivity index (χ0) is 19.6. The first-order chi connectivity index (χ1) is 12.9. The minimum absolute atomic E-state index is 0.440. The van der Waals surface area contributed by atoms with Gasteiger partial charge in [0.25, 0.3) is 0 Å². The maximum Gasteiger partial charge on any atom is 0.224 e. The zero-order valence-corrected chi connectivity index (χ0v) is 15.1. The summed E-state index contributed by atoms with van der Waals surface area (Å²) in [6.07, 6.45) is 1.79. The lowest BCUT2D eigenvalue weighted by Crippen LogP contribution is -2.24. The molecule has 134 valence electrons. The summed E-state index contributed by atoms with van der Waals surface area (Å²) in [6, 6.07) is 18.3. The van der Waals surface area contributed by atoms with E-state index in [2.05, 4.69) is 13.2 Å². The molecule has 0 fully saturated rings. The smallest absolute Gasteiger partial charge is 0.224 e. The summed E-state index contributed by atoms with van der Waals surface area (Å²) in [5.41, 5.74) is 3.41. The summed E-state index contributed by atoms with van der Waals surface area (Å²) in [6.45, 7) is 9.80. The van der Waals surface area contributed by atoms with Gasteiger partial charge in [0.1, 0.15) is 0 Å². The van der Waals surface area contributed by atoms with E-state index in [1.165, 1.54) is 12.1 Å². The summed E-state index contributed by atoms with van der Waals surface area (Å²) >= 11 is 0. The van der Waals surface area contributed by atoms with Crippen molar-refractivity contribution in [1.29, 1.82) is 0 Å². The largest absolute Gasteiger partial charge is 0.504 e. The van der Waals surface area contributed by atoms with Gasteiger partial charge >= 0.3 is 0 Å². The Morgan fingerprint density at radius 1 is 1.00 bits per heavy atom. The number of hydrogen-bond acceptors (Lipinski definition) is 3. The van der Waals surface area contributed by atoms with Gasteiger partial charge in [-0.05, 0) is 63.4 Å². The van der Waals surface area contributed by atoms with E-state index in [0.717, 1.165) is 27.1 Å². The van der Waals surface area contributed by atoms with E-state index in [-0.39, 0.29) is 0 Å². The van der Waals surface area contributed by atoms with Crippen LogP contribution in [0.4, 0.5) is 0 Å². The maximum atomic E-state index is 11.9. The Balaban J connectivity index is 2.29. The molecule has 2 N–H and O–H groups in total. The van der Waals surface area contributed by atoms with Gasteiger partial charge in [-0.25, -0.2) is 0 Å². The van der Waals surface area contributed by atoms with Crippen LogP contribution in [0.2, 0.25) is 0 Å². The van der Waals surface area contributed by atoms with Crippen molar-refractivity contribution < 1.29 is 10.2 Å². The Morgan fingerprint density at radius 2 is 1.74 bits per heavy atom. The molecule has 0 aliphatic carbocycles. The molecule has 0 aliphatic heterocycles. The number of aryl methyl sites for hydroxylation is 1. The van der Waals surface area contributed by atoms with Crippen LogP contribution in [0.25, 0.3) is 23.3 Å². The van der Waals surface area contributed by atoms with Crippen molar-refractivity contribution in [3.05, 3.63) is 105 Å². The fourth-order valence-corrected chi connectivity index (χ4v) is 3.12. The number of hydrogen-bond donors (Lipinski definition) is 2. The van der Waals surface area contributed by atoms with Crippen molar-refractivity contribution in [2.45, 2.75) is 6.92 Å². The molecule has 3 rings (SSSR count). The molecule has 0 amide bonds. The first-order valence-electron chi connectivity index (χ1n) is 8.51. The molecule has 0 atom stereocenters. The maximum absolute atomic E-state index is 11.9. The van der Waals surface area contributed by atoms with Crippen molar-refractivity contribution >= 4 is 12.2 Å². The molecular weight excluding hydrogens is 336 g/mol. The second kappa shape index (κ2) is 7.34. The lowest BCUT2D eigenvalue weighted by Gasteiger charge is -2.08. The fraction of sp³-hybridized carbons (Fsp3) is 0.0417. The molecule has 27 heavy (non-hydrogen) atoms. The topological polar surface area (TPSA) is 57.5 Å². The highest BCUT2D eigenvalue weighted by molar-refractivity contribution is 5.78. The van der Waals surface area contributed by atoms with E-state index in [9.17, 15) is 15.0 Å². The minimum atomic E-state index is -0.648. The van der Waals surface area contributed by atoms with Gasteiger partial charge in [0, 0.05) is 0 Å². The van der Waals surface area contributed by atoms with Crippen molar-refractivity contribution in [2.24, 2.45) is 0 Å². The van der Waals surface area contributed by atoms with E-state index >= 15 is 0 Å². The molecule has 0 saturated carbocycles. The lowest BCUT2D eigenvalue weighted by molar-refractivity contribution is 0.402. The van der Waals surface area contributed by atoms with E-state index in [0.29, 0.717) is 11.1 Å². The normalized spacial score (nSPS) is 11.7. The average molecular weight is 356 g/mol. The summed E-state index contributed by atoms with van der Waals surface area (Å²) < 4.78 is 0. The molecule has 3 heteroatoms. The third-order valence-electron chi connectivity index (χ3n) is 4.53. The summed E-state index contributed by atoms with van der Waals surface area (Å²) in [4.78, 5) is 11.9. The van der Waals surface area contributed by atoms with Gasteiger partial charge in [-0.3, -0.25) is 4.79 Å². The number of benzene rings is 2. The van der Waals surface area contributed by atoms with Crippen molar-refractivity contribution in [1.82, 2.24) is 0 Å². The SMILES string of the molecule is C=C/C(c1cccc(-c2cc(O)c(O)c(=O)cc2C)c1)=c1/ccccc1=C. The Bertz CT molecular complexity index is 1210. The molecule has 0 saturated heterocycles. The highest BCUT2D eigenvalue weighted by atomic mass is 16.3. The summed E-state index contributed by atoms with van der Waals surface area (Å²) in [7, 11) is 0. The summed E-state index contributed by atoms with van der Waals surface area (Å²) in [5, 5.41) is 21.6. The third-order valence-corrected chi connectivity index (χ3v) is 4.53. The predicted octanol–water partition coefficient (Wildman–Crippen LogP) is 3.23. The molecule has 0 aliphatic rings. The van der Waals surface area contributed by atoms with Gasteiger partial charge in [0.2, 0.25) is 11.2 Å². The Labute approximate surface area is 157 Å². The molecule has 0 aromatic heterocycles. The van der Waals surface area contributed by atoms with Gasteiger partial charge < -0.3 is 10.2 Å². The first-order valence-corrected chi connectivity index (χ1v) is 8.51. The first kappa shape index (κ1) is 18.2. The van der Waals surface area contributed by atoms with Crippen LogP contribution in [0.15, 0.2) is 78.1 Å². The molecule has 0 heterocycles. The highest BCUT2D eigenvalue weighted by Gasteiger charge is 2.10. The van der Waals surface area contributed by atoms with Crippen LogP contribution in [0.1, 0.15) is 11.1 Å². The third kappa shape index (κ3) is 3.53. The number of aromatic hydroxyl groups is 2. The monoisotopic (exact) mass is 356 g/mol. The van der Waals surface area contributed by atoms with Crippen LogP contribution in [0.5, 0.6) is 11.5 Å². The van der Waals surface area contributed by atoms with E-state index in [1.807, 2.05) is 48.5 Å². The van der Waals surface area contributed by atoms with Crippen LogP contribution < -0.4 is 15.9 Å². The van der Waals surface area contributed by atoms with Crippen LogP contribution >= 0.6 is 0 Å². The molecule has 3 aromatic carbocycles. The van der Waals surface area contributed by atoms with Crippen LogP contribution in [0, 0.1) is 6.92 Å². The van der Waals surface area contributed by atoms with Crippen molar-refractivity contribution in [3.63, 3.8) is 0 Å². The zero-order valence-electron chi connectivity index (χ0n) is 15.1. The van der Waals surface area contributed by atoms with Crippen molar-refractivity contribution in [3.8, 4) is 22.6 Å². The molecule has 3 nitrogen and oxygen atoms in total. The molecule has 0 spiro atoms. The number of allylic oxidation sites excluding steroid dienone is 1. The van der Waals surface area contributed by atoms with E-state index in [1.54, 1.807) is 13.0 Å². The van der Waals surface area contributed by atoms with E-state index < -0.39 is 16.9 Å². The summed E-state index contributed by atoms with van der Waals surface area (Å²) in [5.74, 6) is -1.09. The lowest BCUT2D eigenvalue weighted by atomic mass is 9.96. The van der Waals surface area contributed by atoms with Gasteiger partial charge in [0.15, 0.2) is 5.75 Å².